The normalized spacial score (nSPS) is 24.9. The monoisotopic (exact) mass is 399 g/mol. The molecule has 6 nitrogen and oxygen atoms in total. The van der Waals surface area contributed by atoms with E-state index in [1.54, 1.807) is 30.3 Å². The number of benzene rings is 1. The minimum absolute atomic E-state index is 0.241. The first kappa shape index (κ1) is 17.7. The van der Waals surface area contributed by atoms with Crippen molar-refractivity contribution in [3.63, 3.8) is 0 Å². The van der Waals surface area contributed by atoms with Crippen LogP contribution in [-0.2, 0) is 9.59 Å². The van der Waals surface area contributed by atoms with Gasteiger partial charge >= 0.3 is 0 Å². The van der Waals surface area contributed by atoms with Gasteiger partial charge in [-0.05, 0) is 36.8 Å². The maximum absolute atomic E-state index is 13.3. The zero-order chi connectivity index (χ0) is 19.3. The van der Waals surface area contributed by atoms with Gasteiger partial charge in [0.1, 0.15) is 11.0 Å². The van der Waals surface area contributed by atoms with E-state index < -0.39 is 17.1 Å². The van der Waals surface area contributed by atoms with Crippen LogP contribution in [0.15, 0.2) is 51.6 Å². The minimum atomic E-state index is -0.768. The number of halogens is 1. The highest BCUT2D eigenvalue weighted by molar-refractivity contribution is 8.04. The molecule has 136 valence electrons. The summed E-state index contributed by atoms with van der Waals surface area (Å²) in [4.78, 5) is 27.4. The van der Waals surface area contributed by atoms with Gasteiger partial charge in [0.25, 0.3) is 0 Å². The summed E-state index contributed by atoms with van der Waals surface area (Å²) < 4.78 is 5.47. The number of nitriles is 1. The number of carbonyl (C=O) groups excluding carboxylic acids is 2. The van der Waals surface area contributed by atoms with E-state index in [0.717, 1.165) is 22.2 Å². The highest BCUT2D eigenvalue weighted by Gasteiger charge is 2.56. The van der Waals surface area contributed by atoms with Crippen molar-refractivity contribution in [2.24, 2.45) is 11.7 Å². The van der Waals surface area contributed by atoms with Gasteiger partial charge in [-0.3, -0.25) is 9.59 Å². The number of nitrogens with zero attached hydrogens (tertiary/aromatic N) is 2. The second-order valence-electron chi connectivity index (χ2n) is 6.39. The van der Waals surface area contributed by atoms with Crippen molar-refractivity contribution in [3.05, 3.63) is 63.5 Å². The lowest BCUT2D eigenvalue weighted by Gasteiger charge is -2.28. The summed E-state index contributed by atoms with van der Waals surface area (Å²) >= 11 is 7.23. The molecule has 2 amide bonds. The van der Waals surface area contributed by atoms with Crippen LogP contribution >= 0.6 is 23.4 Å². The Morgan fingerprint density at radius 1 is 1.30 bits per heavy atom. The number of furan rings is 1. The van der Waals surface area contributed by atoms with E-state index in [9.17, 15) is 14.9 Å². The van der Waals surface area contributed by atoms with Gasteiger partial charge in [-0.25, -0.2) is 4.90 Å². The molecule has 2 aromatic rings. The van der Waals surface area contributed by atoms with E-state index in [1.807, 2.05) is 6.92 Å². The smallest absolute Gasteiger partial charge is 0.248 e. The van der Waals surface area contributed by atoms with E-state index in [2.05, 4.69) is 6.07 Å². The topological polar surface area (TPSA) is 100 Å². The Morgan fingerprint density at radius 3 is 2.70 bits per heavy atom. The average molecular weight is 400 g/mol. The number of carbonyl (C=O) groups is 2. The Hall–Kier alpha value is -2.69. The molecule has 1 aromatic heterocycles. The Bertz CT molecular complexity index is 1030. The van der Waals surface area contributed by atoms with Crippen LogP contribution in [0.5, 0.6) is 0 Å². The summed E-state index contributed by atoms with van der Waals surface area (Å²) in [5.41, 5.74) is 7.56. The molecule has 3 heterocycles. The average Bonchev–Trinajstić information content (AvgIpc) is 3.25. The molecule has 27 heavy (non-hydrogen) atoms. The molecule has 2 aliphatic rings. The molecular formula is C19H14ClN3O3S. The Balaban J connectivity index is 1.82. The number of anilines is 1. The fourth-order valence-corrected chi connectivity index (χ4v) is 4.90. The lowest BCUT2D eigenvalue weighted by atomic mass is 9.82. The number of hydrogen-bond acceptors (Lipinski definition) is 6. The third-order valence-corrected chi connectivity index (χ3v) is 6.50. The second-order valence-corrected chi connectivity index (χ2v) is 7.98. The van der Waals surface area contributed by atoms with Crippen LogP contribution in [0.3, 0.4) is 0 Å². The van der Waals surface area contributed by atoms with Gasteiger partial charge in [0.2, 0.25) is 11.8 Å². The van der Waals surface area contributed by atoms with E-state index in [-0.39, 0.29) is 22.4 Å². The van der Waals surface area contributed by atoms with Crippen LogP contribution in [0.4, 0.5) is 5.69 Å². The number of nitrogens with two attached hydrogens (primary N) is 1. The summed E-state index contributed by atoms with van der Waals surface area (Å²) in [5.74, 6) is -1.78. The molecule has 0 unspecified atom stereocenters. The standard InChI is InChI=1S/C19H14ClN3O3S/c1-9-4-5-10(7-12(9)20)23-18(24)15-14(13-3-2-6-26-13)11(8-21)17(22)27-16(15)19(23)25/h2-7,14-16H,22H2,1H3/t14-,15-,16-/m1/s1. The molecule has 2 N–H and O–H groups in total. The number of rotatable bonds is 2. The number of hydrogen-bond donors (Lipinski definition) is 1. The molecule has 1 saturated heterocycles. The fraction of sp³-hybridized carbons (Fsp3) is 0.211. The van der Waals surface area contributed by atoms with Gasteiger partial charge < -0.3 is 10.2 Å². The summed E-state index contributed by atoms with van der Waals surface area (Å²) in [7, 11) is 0. The van der Waals surface area contributed by atoms with E-state index in [0.29, 0.717) is 16.5 Å². The molecular weight excluding hydrogens is 386 g/mol. The SMILES string of the molecule is Cc1ccc(N2C(=O)[C@@H]3[C@@H](c4ccco4)C(C#N)=C(N)S[C@H]3C2=O)cc1Cl. The predicted octanol–water partition coefficient (Wildman–Crippen LogP) is 3.32. The molecule has 1 aromatic carbocycles. The van der Waals surface area contributed by atoms with Gasteiger partial charge in [-0.15, -0.1) is 0 Å². The number of thioether (sulfide) groups is 1. The quantitative estimate of drug-likeness (QED) is 0.777. The van der Waals surface area contributed by atoms with Crippen molar-refractivity contribution >= 4 is 40.9 Å². The molecule has 0 saturated carbocycles. The second kappa shape index (κ2) is 6.48. The number of imide groups is 1. The van der Waals surface area contributed by atoms with E-state index >= 15 is 0 Å². The van der Waals surface area contributed by atoms with Crippen LogP contribution in [0.25, 0.3) is 0 Å². The lowest BCUT2D eigenvalue weighted by molar-refractivity contribution is -0.122. The van der Waals surface area contributed by atoms with Crippen molar-refractivity contribution < 1.29 is 14.0 Å². The van der Waals surface area contributed by atoms with Crippen molar-refractivity contribution in [1.29, 1.82) is 5.26 Å². The van der Waals surface area contributed by atoms with Crippen molar-refractivity contribution in [2.45, 2.75) is 18.1 Å². The highest BCUT2D eigenvalue weighted by Crippen LogP contribution is 2.51. The number of fused-ring (bicyclic) bond motifs is 1. The van der Waals surface area contributed by atoms with Crippen LogP contribution in [0.1, 0.15) is 17.2 Å². The Morgan fingerprint density at radius 2 is 2.07 bits per heavy atom. The number of allylic oxidation sites excluding steroid dienone is 1. The van der Waals surface area contributed by atoms with Gasteiger partial charge in [0, 0.05) is 5.02 Å². The maximum atomic E-state index is 13.3. The summed E-state index contributed by atoms with van der Waals surface area (Å²) in [6.07, 6.45) is 1.47. The maximum Gasteiger partial charge on any atom is 0.248 e. The van der Waals surface area contributed by atoms with Gasteiger partial charge in [-0.2, -0.15) is 5.26 Å². The number of aryl methyl sites for hydroxylation is 1. The molecule has 2 aliphatic heterocycles. The largest absolute Gasteiger partial charge is 0.469 e. The Labute approximate surface area is 164 Å². The summed E-state index contributed by atoms with van der Waals surface area (Å²) in [6.45, 7) is 1.84. The molecule has 0 bridgehead atoms. The molecule has 4 rings (SSSR count). The molecule has 8 heteroatoms. The molecule has 3 atom stereocenters. The van der Waals surface area contributed by atoms with Crippen LogP contribution in [0, 0.1) is 24.2 Å². The highest BCUT2D eigenvalue weighted by atomic mass is 35.5. The van der Waals surface area contributed by atoms with Crippen molar-refractivity contribution in [2.75, 3.05) is 4.90 Å². The molecule has 0 aliphatic carbocycles. The van der Waals surface area contributed by atoms with Crippen LogP contribution < -0.4 is 10.6 Å². The van der Waals surface area contributed by atoms with E-state index in [1.165, 1.54) is 6.26 Å². The van der Waals surface area contributed by atoms with Crippen LogP contribution in [-0.4, -0.2) is 17.1 Å². The number of amides is 2. The van der Waals surface area contributed by atoms with Gasteiger partial charge in [0.05, 0.1) is 40.5 Å². The first-order valence-electron chi connectivity index (χ1n) is 8.17. The van der Waals surface area contributed by atoms with Gasteiger partial charge in [0.15, 0.2) is 0 Å². The van der Waals surface area contributed by atoms with Gasteiger partial charge in [-0.1, -0.05) is 29.4 Å². The fourth-order valence-electron chi connectivity index (χ4n) is 3.53. The predicted molar refractivity (Wildman–Crippen MR) is 102 cm³/mol. The summed E-state index contributed by atoms with van der Waals surface area (Å²) in [6, 6.07) is 10.5. The Kier molecular flexibility index (Phi) is 4.25. The van der Waals surface area contributed by atoms with E-state index in [4.69, 9.17) is 21.8 Å². The first-order valence-corrected chi connectivity index (χ1v) is 9.43. The zero-order valence-electron chi connectivity index (χ0n) is 14.2. The minimum Gasteiger partial charge on any atom is -0.469 e. The van der Waals surface area contributed by atoms with Crippen molar-refractivity contribution in [1.82, 2.24) is 0 Å². The molecule has 1 fully saturated rings. The van der Waals surface area contributed by atoms with Crippen LogP contribution in [0.2, 0.25) is 5.02 Å². The molecule has 0 radical (unpaired) electrons. The summed E-state index contributed by atoms with van der Waals surface area (Å²) in [5, 5.41) is 9.57. The third kappa shape index (κ3) is 2.64. The lowest BCUT2D eigenvalue weighted by Crippen LogP contribution is -2.33. The third-order valence-electron chi connectivity index (χ3n) is 4.87. The first-order chi connectivity index (χ1) is 12.9. The zero-order valence-corrected chi connectivity index (χ0v) is 15.8. The molecule has 0 spiro atoms. The van der Waals surface area contributed by atoms with Crippen molar-refractivity contribution in [3.8, 4) is 6.07 Å².